The first-order valence-corrected chi connectivity index (χ1v) is 11.7. The summed E-state index contributed by atoms with van der Waals surface area (Å²) in [7, 11) is 0. The predicted octanol–water partition coefficient (Wildman–Crippen LogP) is -6.12. The largest absolute Gasteiger partial charge is 0.394 e. The van der Waals surface area contributed by atoms with E-state index in [0.717, 1.165) is 0 Å². The second-order valence-corrected chi connectivity index (χ2v) is 9.43. The van der Waals surface area contributed by atoms with Crippen LogP contribution in [0.15, 0.2) is 0 Å². The summed E-state index contributed by atoms with van der Waals surface area (Å²) in [5, 5.41) is 54.1. The highest BCUT2D eigenvalue weighted by Crippen LogP contribution is 2.31. The van der Waals surface area contributed by atoms with E-state index in [-0.39, 0.29) is 19.4 Å². The molecule has 14 N–H and O–H groups in total. The number of nitrogens with one attached hydrogen (secondary N) is 1. The molecule has 0 aromatic rings. The van der Waals surface area contributed by atoms with Gasteiger partial charge in [-0.15, -0.1) is 0 Å². The Morgan fingerprint density at radius 2 is 1.46 bits per heavy atom. The molecule has 14 unspecified atom stereocenters. The Labute approximate surface area is 202 Å². The van der Waals surface area contributed by atoms with E-state index in [1.807, 2.05) is 0 Å². The zero-order valence-electron chi connectivity index (χ0n) is 19.5. The van der Waals surface area contributed by atoms with Crippen LogP contribution in [0.1, 0.15) is 19.8 Å². The average Bonchev–Trinajstić information content (AvgIpc) is 2.79. The lowest BCUT2D eigenvalue weighted by Crippen LogP contribution is -2.68. The smallest absolute Gasteiger partial charge is 0.217 e. The SMILES string of the molecule is CC(=O)NC1C(O)C(CO)OC(OC2C(N)CC(N)C(OC3OC(CN)C(O)CC3N)C2O)C1O. The fourth-order valence-electron chi connectivity index (χ4n) is 4.80. The van der Waals surface area contributed by atoms with Gasteiger partial charge < -0.3 is 72.7 Å². The normalized spacial score (nSPS) is 49.0. The van der Waals surface area contributed by atoms with Gasteiger partial charge in [-0.2, -0.15) is 0 Å². The van der Waals surface area contributed by atoms with Gasteiger partial charge in [-0.3, -0.25) is 4.79 Å². The van der Waals surface area contributed by atoms with E-state index >= 15 is 0 Å². The summed E-state index contributed by atoms with van der Waals surface area (Å²) in [6, 6.07) is -3.44. The molecule has 204 valence electrons. The van der Waals surface area contributed by atoms with E-state index in [1.165, 1.54) is 6.92 Å². The van der Waals surface area contributed by atoms with E-state index in [1.54, 1.807) is 0 Å². The molecule has 0 radical (unpaired) electrons. The van der Waals surface area contributed by atoms with Gasteiger partial charge >= 0.3 is 0 Å². The fourth-order valence-corrected chi connectivity index (χ4v) is 4.80. The van der Waals surface area contributed by atoms with Gasteiger partial charge in [0.15, 0.2) is 12.6 Å². The molecule has 35 heavy (non-hydrogen) atoms. The Kier molecular flexibility index (Phi) is 9.78. The molecule has 3 aliphatic rings. The lowest BCUT2D eigenvalue weighted by Gasteiger charge is -2.48. The summed E-state index contributed by atoms with van der Waals surface area (Å²) < 4.78 is 22.9. The Balaban J connectivity index is 1.73. The lowest BCUT2D eigenvalue weighted by atomic mass is 9.84. The maximum absolute atomic E-state index is 11.5. The van der Waals surface area contributed by atoms with Crippen LogP contribution >= 0.6 is 0 Å². The molecule has 0 aromatic carbocycles. The number of aliphatic hydroxyl groups is 5. The summed E-state index contributed by atoms with van der Waals surface area (Å²) >= 11 is 0. The Morgan fingerprint density at radius 3 is 2.00 bits per heavy atom. The Bertz CT molecular complexity index is 709. The molecule has 1 aliphatic carbocycles. The Hall–Kier alpha value is -1.05. The second kappa shape index (κ2) is 12.0. The minimum atomic E-state index is -1.55. The van der Waals surface area contributed by atoms with Crippen LogP contribution in [0, 0.1) is 0 Å². The van der Waals surface area contributed by atoms with E-state index in [0.29, 0.717) is 0 Å². The van der Waals surface area contributed by atoms with Crippen molar-refractivity contribution in [3.63, 3.8) is 0 Å². The Morgan fingerprint density at radius 1 is 0.886 bits per heavy atom. The number of nitrogens with two attached hydrogens (primary N) is 4. The van der Waals surface area contributed by atoms with Crippen molar-refractivity contribution in [1.82, 2.24) is 5.32 Å². The monoisotopic (exact) mass is 509 g/mol. The molecule has 0 aromatic heterocycles. The molecule has 15 heteroatoms. The maximum Gasteiger partial charge on any atom is 0.217 e. The molecule has 14 atom stereocenters. The highest BCUT2D eigenvalue weighted by atomic mass is 16.7. The van der Waals surface area contributed by atoms with Gasteiger partial charge in [-0.05, 0) is 12.8 Å². The number of amides is 1. The van der Waals surface area contributed by atoms with Crippen LogP contribution in [0.2, 0.25) is 0 Å². The van der Waals surface area contributed by atoms with Crippen LogP contribution in [-0.2, 0) is 23.7 Å². The third-order valence-corrected chi connectivity index (χ3v) is 6.73. The van der Waals surface area contributed by atoms with Crippen molar-refractivity contribution in [3.05, 3.63) is 0 Å². The van der Waals surface area contributed by atoms with Crippen LogP contribution < -0.4 is 28.3 Å². The molecule has 1 amide bonds. The summed E-state index contributed by atoms with van der Waals surface area (Å²) in [6.07, 6.45) is -11.5. The van der Waals surface area contributed by atoms with Gasteiger partial charge in [0.05, 0.1) is 30.9 Å². The first-order chi connectivity index (χ1) is 16.5. The maximum atomic E-state index is 11.5. The molecule has 0 bridgehead atoms. The summed E-state index contributed by atoms with van der Waals surface area (Å²) in [4.78, 5) is 11.5. The number of carbonyl (C=O) groups is 1. The van der Waals surface area contributed by atoms with E-state index in [9.17, 15) is 30.3 Å². The van der Waals surface area contributed by atoms with E-state index in [4.69, 9.17) is 41.9 Å². The second-order valence-electron chi connectivity index (χ2n) is 9.43. The molecular weight excluding hydrogens is 470 g/mol. The fraction of sp³-hybridized carbons (Fsp3) is 0.950. The van der Waals surface area contributed by atoms with Crippen molar-refractivity contribution in [3.8, 4) is 0 Å². The number of hydrogen-bond acceptors (Lipinski definition) is 14. The van der Waals surface area contributed by atoms with Crippen molar-refractivity contribution in [2.45, 2.75) is 105 Å². The number of hydrogen-bond donors (Lipinski definition) is 10. The van der Waals surface area contributed by atoms with Gasteiger partial charge in [0.25, 0.3) is 0 Å². The van der Waals surface area contributed by atoms with Crippen LogP contribution in [0.25, 0.3) is 0 Å². The lowest BCUT2D eigenvalue weighted by molar-refractivity contribution is -0.316. The van der Waals surface area contributed by atoms with Gasteiger partial charge in [0, 0.05) is 25.6 Å². The highest BCUT2D eigenvalue weighted by molar-refractivity contribution is 5.73. The number of ether oxygens (including phenoxy) is 4. The number of aliphatic hydroxyl groups excluding tert-OH is 5. The van der Waals surface area contributed by atoms with Crippen LogP contribution in [0.5, 0.6) is 0 Å². The average molecular weight is 510 g/mol. The van der Waals surface area contributed by atoms with Crippen molar-refractivity contribution in [2.75, 3.05) is 13.2 Å². The molecule has 0 spiro atoms. The van der Waals surface area contributed by atoms with Crippen molar-refractivity contribution in [2.24, 2.45) is 22.9 Å². The summed E-state index contributed by atoms with van der Waals surface area (Å²) in [5.74, 6) is -0.524. The molecule has 15 nitrogen and oxygen atoms in total. The van der Waals surface area contributed by atoms with Crippen molar-refractivity contribution in [1.29, 1.82) is 0 Å². The topological polar surface area (TPSA) is 271 Å². The molecular formula is C20H39N5O10. The van der Waals surface area contributed by atoms with E-state index in [2.05, 4.69) is 5.32 Å². The van der Waals surface area contributed by atoms with Crippen molar-refractivity contribution >= 4 is 5.91 Å². The highest BCUT2D eigenvalue weighted by Gasteiger charge is 2.51. The van der Waals surface area contributed by atoms with Gasteiger partial charge in [-0.25, -0.2) is 0 Å². The standard InChI is InChI=1S/C20H39N5O10/c1-6(27)25-13-14(29)12(5-26)33-20(15(13)30)35-18-8(23)2-7(22)17(16(18)31)34-19-9(24)3-10(28)11(4-21)32-19/h7-20,26,28-31H,2-5,21-24H2,1H3,(H,25,27). The molecule has 2 aliphatic heterocycles. The van der Waals surface area contributed by atoms with E-state index < -0.39 is 98.1 Å². The summed E-state index contributed by atoms with van der Waals surface area (Å²) in [5.41, 5.74) is 24.1. The minimum absolute atomic E-state index is 0.0356. The molecule has 2 heterocycles. The van der Waals surface area contributed by atoms with Crippen LogP contribution in [0.4, 0.5) is 0 Å². The zero-order chi connectivity index (χ0) is 26.0. The first-order valence-electron chi connectivity index (χ1n) is 11.7. The zero-order valence-corrected chi connectivity index (χ0v) is 19.5. The summed E-state index contributed by atoms with van der Waals surface area (Å²) in [6.45, 7) is 0.619. The third kappa shape index (κ3) is 6.27. The molecule has 3 fully saturated rings. The predicted molar refractivity (Wildman–Crippen MR) is 118 cm³/mol. The first kappa shape index (κ1) is 28.5. The number of carbonyl (C=O) groups excluding carboxylic acids is 1. The van der Waals surface area contributed by atoms with Crippen molar-refractivity contribution < 1.29 is 49.3 Å². The number of rotatable bonds is 7. The van der Waals surface area contributed by atoms with Gasteiger partial charge in [0.1, 0.15) is 36.6 Å². The van der Waals surface area contributed by atoms with Crippen LogP contribution in [-0.4, -0.2) is 130 Å². The third-order valence-electron chi connectivity index (χ3n) is 6.73. The van der Waals surface area contributed by atoms with Gasteiger partial charge in [0.2, 0.25) is 5.91 Å². The molecule has 1 saturated carbocycles. The minimum Gasteiger partial charge on any atom is -0.394 e. The molecule has 3 rings (SSSR count). The van der Waals surface area contributed by atoms with Crippen LogP contribution in [0.3, 0.4) is 0 Å². The quantitative estimate of drug-likeness (QED) is 0.153. The van der Waals surface area contributed by atoms with Gasteiger partial charge in [-0.1, -0.05) is 0 Å². The molecule has 2 saturated heterocycles.